The topological polar surface area (TPSA) is 79.4 Å². The van der Waals surface area contributed by atoms with E-state index in [1.165, 1.54) is 0 Å². The number of aromatic nitrogens is 1. The van der Waals surface area contributed by atoms with Crippen molar-refractivity contribution in [3.8, 4) is 0 Å². The highest BCUT2D eigenvalue weighted by Gasteiger charge is 2.32. The second kappa shape index (κ2) is 4.67. The SMILES string of the molecule is CCOC(=O)C1CCc2c1[nH]c1ccc(C(=O)O)cc21. The first-order valence-electron chi connectivity index (χ1n) is 6.66. The first-order valence-corrected chi connectivity index (χ1v) is 6.66. The maximum atomic E-state index is 11.9. The second-order valence-corrected chi connectivity index (χ2v) is 4.93. The summed E-state index contributed by atoms with van der Waals surface area (Å²) in [6.45, 7) is 2.16. The zero-order valence-corrected chi connectivity index (χ0v) is 11.1. The normalized spacial score (nSPS) is 17.1. The molecule has 5 heteroatoms. The number of hydrogen-bond donors (Lipinski definition) is 2. The standard InChI is InChI=1S/C15H15NO4/c1-2-20-15(19)10-5-4-9-11-7-8(14(17)18)3-6-12(11)16-13(9)10/h3,6-7,10,16H,2,4-5H2,1H3,(H,17,18). The number of carbonyl (C=O) groups excluding carboxylic acids is 1. The number of esters is 1. The van der Waals surface area contributed by atoms with Crippen molar-refractivity contribution in [3.63, 3.8) is 0 Å². The van der Waals surface area contributed by atoms with Gasteiger partial charge in [0.05, 0.1) is 18.1 Å². The summed E-state index contributed by atoms with van der Waals surface area (Å²) < 4.78 is 5.09. The van der Waals surface area contributed by atoms with Crippen LogP contribution in [0.1, 0.15) is 40.9 Å². The van der Waals surface area contributed by atoms with Crippen molar-refractivity contribution in [3.05, 3.63) is 35.0 Å². The van der Waals surface area contributed by atoms with E-state index < -0.39 is 5.97 Å². The van der Waals surface area contributed by atoms with Gasteiger partial charge in [-0.3, -0.25) is 4.79 Å². The Morgan fingerprint density at radius 3 is 2.95 bits per heavy atom. The number of aryl methyl sites for hydroxylation is 1. The van der Waals surface area contributed by atoms with Crippen LogP contribution >= 0.6 is 0 Å². The predicted molar refractivity (Wildman–Crippen MR) is 73.0 cm³/mol. The highest BCUT2D eigenvalue weighted by Crippen LogP contribution is 2.38. The van der Waals surface area contributed by atoms with Crippen LogP contribution in [0, 0.1) is 0 Å². The van der Waals surface area contributed by atoms with Gasteiger partial charge in [0.1, 0.15) is 0 Å². The Labute approximate surface area is 115 Å². The summed E-state index contributed by atoms with van der Waals surface area (Å²) in [5.41, 5.74) is 3.05. The van der Waals surface area contributed by atoms with Gasteiger partial charge in [0, 0.05) is 16.6 Å². The van der Waals surface area contributed by atoms with Gasteiger partial charge in [-0.1, -0.05) is 0 Å². The lowest BCUT2D eigenvalue weighted by Gasteiger charge is -2.08. The number of aromatic amines is 1. The quantitative estimate of drug-likeness (QED) is 0.842. The van der Waals surface area contributed by atoms with Crippen LogP contribution in [0.3, 0.4) is 0 Å². The molecule has 0 spiro atoms. The molecule has 5 nitrogen and oxygen atoms in total. The maximum Gasteiger partial charge on any atom is 0.335 e. The molecule has 0 fully saturated rings. The van der Waals surface area contributed by atoms with E-state index >= 15 is 0 Å². The molecule has 2 N–H and O–H groups in total. The van der Waals surface area contributed by atoms with E-state index in [4.69, 9.17) is 9.84 Å². The number of benzene rings is 1. The van der Waals surface area contributed by atoms with E-state index in [2.05, 4.69) is 4.98 Å². The number of hydrogen-bond acceptors (Lipinski definition) is 3. The molecule has 1 aliphatic rings. The number of fused-ring (bicyclic) bond motifs is 3. The Morgan fingerprint density at radius 2 is 2.25 bits per heavy atom. The van der Waals surface area contributed by atoms with Crippen LogP contribution < -0.4 is 0 Å². The van der Waals surface area contributed by atoms with Gasteiger partial charge < -0.3 is 14.8 Å². The predicted octanol–water partition coefficient (Wildman–Crippen LogP) is 2.46. The van der Waals surface area contributed by atoms with Crippen LogP contribution in [0.4, 0.5) is 0 Å². The summed E-state index contributed by atoms with van der Waals surface area (Å²) in [6, 6.07) is 4.98. The number of carboxylic acid groups (broad SMARTS) is 1. The molecule has 1 unspecified atom stereocenters. The van der Waals surface area contributed by atoms with Gasteiger partial charge in [-0.05, 0) is 43.5 Å². The number of carbonyl (C=O) groups is 2. The molecule has 0 bridgehead atoms. The molecule has 0 amide bonds. The lowest BCUT2D eigenvalue weighted by Crippen LogP contribution is -2.13. The van der Waals surface area contributed by atoms with Crippen LogP contribution in [0.2, 0.25) is 0 Å². The Morgan fingerprint density at radius 1 is 1.45 bits per heavy atom. The van der Waals surface area contributed by atoms with Crippen LogP contribution in [-0.2, 0) is 16.0 Å². The van der Waals surface area contributed by atoms with E-state index in [-0.39, 0.29) is 17.5 Å². The van der Waals surface area contributed by atoms with Gasteiger partial charge in [0.25, 0.3) is 0 Å². The van der Waals surface area contributed by atoms with Gasteiger partial charge in [-0.25, -0.2) is 4.79 Å². The first-order chi connectivity index (χ1) is 9.61. The monoisotopic (exact) mass is 273 g/mol. The average molecular weight is 273 g/mol. The van der Waals surface area contributed by atoms with Crippen LogP contribution in [-0.4, -0.2) is 28.6 Å². The fraction of sp³-hybridized carbons (Fsp3) is 0.333. The fourth-order valence-corrected chi connectivity index (χ4v) is 2.88. The van der Waals surface area contributed by atoms with Crippen LogP contribution in [0.25, 0.3) is 10.9 Å². The highest BCUT2D eigenvalue weighted by molar-refractivity contribution is 5.96. The Hall–Kier alpha value is -2.30. The molecule has 0 aliphatic heterocycles. The molecule has 1 aromatic heterocycles. The molecule has 0 saturated heterocycles. The van der Waals surface area contributed by atoms with Crippen molar-refractivity contribution in [2.45, 2.75) is 25.7 Å². The van der Waals surface area contributed by atoms with Gasteiger partial charge in [0.15, 0.2) is 0 Å². The Balaban J connectivity index is 2.06. The molecule has 1 heterocycles. The molecule has 1 aliphatic carbocycles. The molecular weight excluding hydrogens is 258 g/mol. The van der Waals surface area contributed by atoms with Crippen molar-refractivity contribution < 1.29 is 19.4 Å². The smallest absolute Gasteiger partial charge is 0.335 e. The van der Waals surface area contributed by atoms with E-state index in [9.17, 15) is 9.59 Å². The number of H-pyrrole nitrogens is 1. The molecule has 20 heavy (non-hydrogen) atoms. The zero-order chi connectivity index (χ0) is 14.3. The van der Waals surface area contributed by atoms with Gasteiger partial charge in [-0.15, -0.1) is 0 Å². The molecular formula is C15H15NO4. The third-order valence-electron chi connectivity index (χ3n) is 3.79. The second-order valence-electron chi connectivity index (χ2n) is 4.93. The first kappa shape index (κ1) is 12.7. The van der Waals surface area contributed by atoms with Crippen molar-refractivity contribution in [1.29, 1.82) is 0 Å². The molecule has 2 aromatic rings. The lowest BCUT2D eigenvalue weighted by atomic mass is 10.1. The van der Waals surface area contributed by atoms with E-state index in [0.29, 0.717) is 13.0 Å². The molecule has 1 aromatic carbocycles. The lowest BCUT2D eigenvalue weighted by molar-refractivity contribution is -0.145. The van der Waals surface area contributed by atoms with E-state index in [1.807, 2.05) is 0 Å². The van der Waals surface area contributed by atoms with Crippen molar-refractivity contribution in [2.75, 3.05) is 6.61 Å². The molecule has 0 saturated carbocycles. The van der Waals surface area contributed by atoms with Crippen molar-refractivity contribution in [2.24, 2.45) is 0 Å². The van der Waals surface area contributed by atoms with Crippen molar-refractivity contribution in [1.82, 2.24) is 4.98 Å². The third-order valence-corrected chi connectivity index (χ3v) is 3.79. The minimum absolute atomic E-state index is 0.212. The minimum Gasteiger partial charge on any atom is -0.478 e. The van der Waals surface area contributed by atoms with E-state index in [0.717, 1.165) is 28.6 Å². The largest absolute Gasteiger partial charge is 0.478 e. The fourth-order valence-electron chi connectivity index (χ4n) is 2.88. The van der Waals surface area contributed by atoms with Crippen molar-refractivity contribution >= 4 is 22.8 Å². The maximum absolute atomic E-state index is 11.9. The summed E-state index contributed by atoms with van der Waals surface area (Å²) in [4.78, 5) is 26.2. The zero-order valence-electron chi connectivity index (χ0n) is 11.1. The molecule has 104 valence electrons. The number of aromatic carboxylic acids is 1. The van der Waals surface area contributed by atoms with Crippen LogP contribution in [0.5, 0.6) is 0 Å². The molecule has 0 radical (unpaired) electrons. The highest BCUT2D eigenvalue weighted by atomic mass is 16.5. The average Bonchev–Trinajstić information content (AvgIpc) is 2.96. The van der Waals surface area contributed by atoms with Gasteiger partial charge >= 0.3 is 11.9 Å². The molecule has 3 rings (SSSR count). The minimum atomic E-state index is -0.943. The Kier molecular flexibility index (Phi) is 2.97. The number of nitrogens with one attached hydrogen (secondary N) is 1. The summed E-state index contributed by atoms with van der Waals surface area (Å²) in [5.74, 6) is -1.41. The number of carboxylic acids is 1. The summed E-state index contributed by atoms with van der Waals surface area (Å²) >= 11 is 0. The molecule has 1 atom stereocenters. The Bertz CT molecular complexity index is 701. The van der Waals surface area contributed by atoms with Gasteiger partial charge in [0.2, 0.25) is 0 Å². The summed E-state index contributed by atoms with van der Waals surface area (Å²) in [6.07, 6.45) is 1.48. The number of ether oxygens (including phenoxy) is 1. The van der Waals surface area contributed by atoms with Crippen LogP contribution in [0.15, 0.2) is 18.2 Å². The summed E-state index contributed by atoms with van der Waals surface area (Å²) in [7, 11) is 0. The summed E-state index contributed by atoms with van der Waals surface area (Å²) in [5, 5.41) is 9.95. The number of rotatable bonds is 3. The van der Waals surface area contributed by atoms with E-state index in [1.54, 1.807) is 25.1 Å². The van der Waals surface area contributed by atoms with Gasteiger partial charge in [-0.2, -0.15) is 0 Å². The third kappa shape index (κ3) is 1.86.